The molecule has 2 unspecified atom stereocenters. The van der Waals surface area contributed by atoms with E-state index in [1.165, 1.54) is 12.1 Å². The molecule has 1 aliphatic heterocycles. The van der Waals surface area contributed by atoms with Gasteiger partial charge in [-0.15, -0.1) is 0 Å². The topological polar surface area (TPSA) is 87.1 Å². The lowest BCUT2D eigenvalue weighted by atomic mass is 9.79. The van der Waals surface area contributed by atoms with Crippen LogP contribution in [0.3, 0.4) is 0 Å². The minimum Gasteiger partial charge on any atom is -0.507 e. The number of carbonyl (C=O) groups excluding carboxylic acids is 2. The van der Waals surface area contributed by atoms with E-state index in [2.05, 4.69) is 0 Å². The second kappa shape index (κ2) is 3.93. The van der Waals surface area contributed by atoms with Crippen molar-refractivity contribution < 1.29 is 24.5 Å². The number of ketones is 2. The van der Waals surface area contributed by atoms with Crippen molar-refractivity contribution in [2.24, 2.45) is 0 Å². The third kappa shape index (κ3) is 1.53. The predicted octanol–water partition coefficient (Wildman–Crippen LogP) is 1.97. The number of allylic oxidation sites excluding steroid dienone is 1. The quantitative estimate of drug-likeness (QED) is 0.489. The van der Waals surface area contributed by atoms with E-state index in [4.69, 9.17) is 4.74 Å². The van der Waals surface area contributed by atoms with Crippen LogP contribution < -0.4 is 0 Å². The van der Waals surface area contributed by atoms with Crippen molar-refractivity contribution in [3.8, 4) is 11.5 Å². The van der Waals surface area contributed by atoms with Crippen molar-refractivity contribution in [1.29, 1.82) is 0 Å². The lowest BCUT2D eigenvalue weighted by Crippen LogP contribution is -2.36. The minimum absolute atomic E-state index is 0.133. The minimum atomic E-state index is -1.20. The van der Waals surface area contributed by atoms with Gasteiger partial charge in [0.2, 0.25) is 5.78 Å². The molecule has 1 heterocycles. The molecule has 0 aromatic heterocycles. The average molecular weight is 274 g/mol. The van der Waals surface area contributed by atoms with Crippen LogP contribution in [0.15, 0.2) is 23.8 Å². The van der Waals surface area contributed by atoms with E-state index >= 15 is 0 Å². The van der Waals surface area contributed by atoms with Crippen molar-refractivity contribution in [2.75, 3.05) is 0 Å². The largest absolute Gasteiger partial charge is 0.507 e. The molecule has 0 spiro atoms. The zero-order valence-corrected chi connectivity index (χ0v) is 11.1. The number of benzene rings is 1. The highest BCUT2D eigenvalue weighted by atomic mass is 16.6. The van der Waals surface area contributed by atoms with Crippen LogP contribution in [0.1, 0.15) is 41.0 Å². The summed E-state index contributed by atoms with van der Waals surface area (Å²) in [6.07, 6.45) is 1.26. The molecule has 20 heavy (non-hydrogen) atoms. The zero-order valence-electron chi connectivity index (χ0n) is 11.1. The van der Waals surface area contributed by atoms with Crippen LogP contribution in [-0.2, 0) is 4.74 Å². The normalized spacial score (nSPS) is 26.8. The Labute approximate surface area is 115 Å². The van der Waals surface area contributed by atoms with Crippen molar-refractivity contribution in [3.63, 3.8) is 0 Å². The maximum Gasteiger partial charge on any atom is 0.202 e. The van der Waals surface area contributed by atoms with E-state index in [-0.39, 0.29) is 22.6 Å². The first-order valence-electron chi connectivity index (χ1n) is 6.33. The van der Waals surface area contributed by atoms with Gasteiger partial charge in [-0.3, -0.25) is 9.59 Å². The van der Waals surface area contributed by atoms with Gasteiger partial charge < -0.3 is 14.9 Å². The number of rotatable bonds is 2. The molecule has 0 radical (unpaired) electrons. The number of Topliss-reactive ketones (excluding diaryl/α,β-unsaturated/α-hetero) is 2. The fraction of sp³-hybridized carbons (Fsp3) is 0.333. The second-order valence-electron chi connectivity index (χ2n) is 5.42. The summed E-state index contributed by atoms with van der Waals surface area (Å²) in [5, 5.41) is 19.6. The molecule has 1 saturated heterocycles. The van der Waals surface area contributed by atoms with Crippen LogP contribution in [-0.4, -0.2) is 33.5 Å². The van der Waals surface area contributed by atoms with Gasteiger partial charge in [0.1, 0.15) is 11.5 Å². The van der Waals surface area contributed by atoms with E-state index in [0.717, 1.165) is 5.57 Å². The van der Waals surface area contributed by atoms with Crippen LogP contribution in [0.5, 0.6) is 11.5 Å². The lowest BCUT2D eigenvalue weighted by Gasteiger charge is -2.19. The number of hydrogen-bond donors (Lipinski definition) is 2. The fourth-order valence-corrected chi connectivity index (χ4v) is 2.62. The molecule has 2 N–H and O–H groups in total. The lowest BCUT2D eigenvalue weighted by molar-refractivity contribution is 0.0858. The molecule has 1 fully saturated rings. The van der Waals surface area contributed by atoms with Crippen molar-refractivity contribution >= 4 is 11.6 Å². The third-order valence-corrected chi connectivity index (χ3v) is 3.77. The Morgan fingerprint density at radius 3 is 2.45 bits per heavy atom. The molecular formula is C15H14O5. The van der Waals surface area contributed by atoms with Gasteiger partial charge in [-0.25, -0.2) is 0 Å². The first kappa shape index (κ1) is 12.9. The molecule has 1 aromatic carbocycles. The van der Waals surface area contributed by atoms with Gasteiger partial charge in [0.05, 0.1) is 11.1 Å². The molecule has 1 aliphatic carbocycles. The van der Waals surface area contributed by atoms with E-state index in [0.29, 0.717) is 6.42 Å². The summed E-state index contributed by atoms with van der Waals surface area (Å²) >= 11 is 0. The molecule has 0 amide bonds. The van der Waals surface area contributed by atoms with Gasteiger partial charge in [0.15, 0.2) is 17.5 Å². The van der Waals surface area contributed by atoms with Gasteiger partial charge in [-0.2, -0.15) is 0 Å². The number of phenols is 2. The molecular weight excluding hydrogens is 260 g/mol. The molecule has 104 valence electrons. The molecule has 0 bridgehead atoms. The number of fused-ring (bicyclic) bond motifs is 2. The monoisotopic (exact) mass is 274 g/mol. The summed E-state index contributed by atoms with van der Waals surface area (Å²) < 4.78 is 5.37. The van der Waals surface area contributed by atoms with Gasteiger partial charge in [-0.05, 0) is 26.0 Å². The molecule has 1 aromatic rings. The van der Waals surface area contributed by atoms with E-state index in [1.54, 1.807) is 0 Å². The predicted molar refractivity (Wildman–Crippen MR) is 70.1 cm³/mol. The van der Waals surface area contributed by atoms with Gasteiger partial charge in [0, 0.05) is 6.42 Å². The van der Waals surface area contributed by atoms with Crippen LogP contribution in [0.4, 0.5) is 0 Å². The average Bonchev–Trinajstić information content (AvgIpc) is 3.13. The molecule has 5 nitrogen and oxygen atoms in total. The highest BCUT2D eigenvalue weighted by Crippen LogP contribution is 2.52. The molecule has 3 rings (SSSR count). The summed E-state index contributed by atoms with van der Waals surface area (Å²) in [5.41, 5.74) is -0.455. The number of aromatic hydroxyl groups is 2. The number of hydrogen-bond acceptors (Lipinski definition) is 5. The Hall–Kier alpha value is -2.14. The Bertz CT molecular complexity index is 669. The van der Waals surface area contributed by atoms with Crippen molar-refractivity contribution in [2.45, 2.75) is 32.0 Å². The van der Waals surface area contributed by atoms with Crippen molar-refractivity contribution in [3.05, 3.63) is 34.9 Å². The van der Waals surface area contributed by atoms with E-state index in [1.807, 2.05) is 19.9 Å². The Morgan fingerprint density at radius 2 is 1.85 bits per heavy atom. The maximum atomic E-state index is 12.5. The van der Waals surface area contributed by atoms with Crippen LogP contribution in [0.2, 0.25) is 0 Å². The molecule has 2 aliphatic rings. The SMILES string of the molecule is CC(C)=CCC12OC1C(=O)c1c(O)ccc(O)c1C2=O. The standard InChI is InChI=1S/C15H14O5/c1-7(2)5-6-15-13(19)11-9(17)4-3-8(16)10(11)12(18)14(15)20-15/h3-5,14,16-17H,6H2,1-2H3. The maximum absolute atomic E-state index is 12.5. The number of phenolic OH excluding ortho intramolecular Hbond substituents is 2. The summed E-state index contributed by atoms with van der Waals surface area (Å²) in [6.45, 7) is 3.78. The van der Waals surface area contributed by atoms with E-state index < -0.39 is 23.3 Å². The van der Waals surface area contributed by atoms with Crippen LogP contribution >= 0.6 is 0 Å². The molecule has 5 heteroatoms. The number of carbonyl (C=O) groups is 2. The Kier molecular flexibility index (Phi) is 2.53. The zero-order chi connectivity index (χ0) is 14.7. The molecule has 2 atom stereocenters. The smallest absolute Gasteiger partial charge is 0.202 e. The molecule has 0 saturated carbocycles. The summed E-state index contributed by atoms with van der Waals surface area (Å²) in [5.74, 6) is -1.50. The summed E-state index contributed by atoms with van der Waals surface area (Å²) in [4.78, 5) is 24.8. The fourth-order valence-electron chi connectivity index (χ4n) is 2.62. The third-order valence-electron chi connectivity index (χ3n) is 3.77. The van der Waals surface area contributed by atoms with Crippen LogP contribution in [0, 0.1) is 0 Å². The highest BCUT2D eigenvalue weighted by molar-refractivity contribution is 6.25. The number of ether oxygens (including phenoxy) is 1. The van der Waals surface area contributed by atoms with Gasteiger partial charge >= 0.3 is 0 Å². The van der Waals surface area contributed by atoms with E-state index in [9.17, 15) is 19.8 Å². The second-order valence-corrected chi connectivity index (χ2v) is 5.42. The summed E-state index contributed by atoms with van der Waals surface area (Å²) in [6, 6.07) is 2.40. The van der Waals surface area contributed by atoms with Gasteiger partial charge in [-0.1, -0.05) is 11.6 Å². The Morgan fingerprint density at radius 1 is 1.25 bits per heavy atom. The van der Waals surface area contributed by atoms with Gasteiger partial charge in [0.25, 0.3) is 0 Å². The Balaban J connectivity index is 2.13. The number of epoxide rings is 1. The van der Waals surface area contributed by atoms with Crippen molar-refractivity contribution in [1.82, 2.24) is 0 Å². The van der Waals surface area contributed by atoms with Crippen LogP contribution in [0.25, 0.3) is 0 Å². The summed E-state index contributed by atoms with van der Waals surface area (Å²) in [7, 11) is 0. The highest BCUT2D eigenvalue weighted by Gasteiger charge is 2.69. The first-order valence-corrected chi connectivity index (χ1v) is 6.33. The first-order chi connectivity index (χ1) is 9.38.